The van der Waals surface area contributed by atoms with Crippen LogP contribution in [-0.2, 0) is 16.0 Å². The van der Waals surface area contributed by atoms with Gasteiger partial charge in [-0.1, -0.05) is 18.2 Å². The molecule has 1 amide bonds. The van der Waals surface area contributed by atoms with E-state index in [4.69, 9.17) is 4.74 Å². The smallest absolute Gasteiger partial charge is 0.222 e. The first-order chi connectivity index (χ1) is 12.3. The molecule has 0 N–H and O–H groups in total. The van der Waals surface area contributed by atoms with Crippen LogP contribution in [0.5, 0.6) is 0 Å². The van der Waals surface area contributed by atoms with Crippen LogP contribution in [0.25, 0.3) is 10.9 Å². The Balaban J connectivity index is 1.32. The summed E-state index contributed by atoms with van der Waals surface area (Å²) in [6.45, 7) is 3.44. The van der Waals surface area contributed by atoms with Gasteiger partial charge >= 0.3 is 0 Å². The van der Waals surface area contributed by atoms with Crippen LogP contribution in [0, 0.1) is 11.8 Å². The number of nitrogens with zero attached hydrogens (tertiary/aromatic N) is 2. The lowest BCUT2D eigenvalue weighted by Crippen LogP contribution is -2.31. The van der Waals surface area contributed by atoms with Gasteiger partial charge in [0.15, 0.2) is 0 Å². The second kappa shape index (κ2) is 7.52. The molecule has 1 aromatic carbocycles. The second-order valence-electron chi connectivity index (χ2n) is 7.49. The van der Waals surface area contributed by atoms with E-state index in [2.05, 4.69) is 28.1 Å². The van der Waals surface area contributed by atoms with Crippen LogP contribution in [0.15, 0.2) is 36.5 Å². The molecule has 2 fully saturated rings. The maximum atomic E-state index is 12.6. The van der Waals surface area contributed by atoms with Crippen LogP contribution >= 0.6 is 0 Å². The number of carbonyl (C=O) groups is 1. The Kier molecular flexibility index (Phi) is 4.97. The van der Waals surface area contributed by atoms with Crippen LogP contribution < -0.4 is 0 Å². The fourth-order valence-corrected chi connectivity index (χ4v) is 4.11. The highest BCUT2D eigenvalue weighted by Gasteiger charge is 2.28. The molecule has 4 nitrogen and oxygen atoms in total. The van der Waals surface area contributed by atoms with Gasteiger partial charge in [-0.05, 0) is 55.2 Å². The molecule has 4 rings (SSSR count). The van der Waals surface area contributed by atoms with Crippen molar-refractivity contribution in [2.24, 2.45) is 11.8 Å². The van der Waals surface area contributed by atoms with Crippen LogP contribution in [-0.4, -0.2) is 42.1 Å². The van der Waals surface area contributed by atoms with Crippen molar-refractivity contribution >= 4 is 16.8 Å². The van der Waals surface area contributed by atoms with Gasteiger partial charge in [0.1, 0.15) is 0 Å². The third-order valence-electron chi connectivity index (χ3n) is 5.61. The summed E-state index contributed by atoms with van der Waals surface area (Å²) in [5.74, 6) is 1.41. The maximum absolute atomic E-state index is 12.6. The molecule has 0 aliphatic carbocycles. The first-order valence-corrected chi connectivity index (χ1v) is 9.47. The number of hydrogen-bond acceptors (Lipinski definition) is 3. The van der Waals surface area contributed by atoms with Gasteiger partial charge in [0, 0.05) is 44.3 Å². The molecule has 0 saturated carbocycles. The lowest BCUT2D eigenvalue weighted by molar-refractivity contribution is -0.132. The minimum atomic E-state index is 0.339. The number of ether oxygens (including phenoxy) is 1. The number of carbonyl (C=O) groups excluding carboxylic acids is 1. The highest BCUT2D eigenvalue weighted by molar-refractivity contribution is 5.78. The Morgan fingerprint density at radius 2 is 2.00 bits per heavy atom. The summed E-state index contributed by atoms with van der Waals surface area (Å²) in [6.07, 6.45) is 6.88. The largest absolute Gasteiger partial charge is 0.381 e. The van der Waals surface area contributed by atoms with Crippen LogP contribution in [0.3, 0.4) is 0 Å². The third-order valence-corrected chi connectivity index (χ3v) is 5.61. The normalized spacial score (nSPS) is 21.8. The van der Waals surface area contributed by atoms with Crippen molar-refractivity contribution in [3.8, 4) is 0 Å². The van der Waals surface area contributed by atoms with Gasteiger partial charge in [0.05, 0.1) is 5.52 Å². The SMILES string of the molecule is O=C(CC1CCOCC1)N1CC[C@H](Cc2cnc3ccccc3c2)C1. The zero-order chi connectivity index (χ0) is 17.1. The van der Waals surface area contributed by atoms with Crippen molar-refractivity contribution in [1.82, 2.24) is 9.88 Å². The maximum Gasteiger partial charge on any atom is 0.222 e. The Bertz CT molecular complexity index is 740. The molecule has 1 aromatic heterocycles. The lowest BCUT2D eigenvalue weighted by atomic mass is 9.96. The molecule has 132 valence electrons. The summed E-state index contributed by atoms with van der Waals surface area (Å²) in [4.78, 5) is 19.2. The summed E-state index contributed by atoms with van der Waals surface area (Å²) in [5, 5.41) is 1.20. The molecule has 2 aliphatic heterocycles. The molecule has 0 spiro atoms. The molecule has 1 atom stereocenters. The van der Waals surface area contributed by atoms with Gasteiger partial charge in [-0.25, -0.2) is 0 Å². The minimum Gasteiger partial charge on any atom is -0.381 e. The summed E-state index contributed by atoms with van der Waals surface area (Å²) in [6, 6.07) is 10.5. The molecule has 0 radical (unpaired) electrons. The molecule has 2 saturated heterocycles. The van der Waals surface area contributed by atoms with E-state index < -0.39 is 0 Å². The number of fused-ring (bicyclic) bond motifs is 1. The van der Waals surface area contributed by atoms with E-state index in [1.54, 1.807) is 0 Å². The van der Waals surface area contributed by atoms with Crippen molar-refractivity contribution in [3.63, 3.8) is 0 Å². The Morgan fingerprint density at radius 1 is 1.16 bits per heavy atom. The summed E-state index contributed by atoms with van der Waals surface area (Å²) < 4.78 is 5.39. The van der Waals surface area contributed by atoms with Gasteiger partial charge in [0.2, 0.25) is 5.91 Å². The lowest BCUT2D eigenvalue weighted by Gasteiger charge is -2.24. The van der Waals surface area contributed by atoms with Crippen LogP contribution in [0.1, 0.15) is 31.2 Å². The fourth-order valence-electron chi connectivity index (χ4n) is 4.11. The quantitative estimate of drug-likeness (QED) is 0.857. The standard InChI is InChI=1S/C21H26N2O2/c24-21(13-16-6-9-25-10-7-16)23-8-5-17(15-23)11-18-12-19-3-1-2-4-20(19)22-14-18/h1-4,12,14,16-17H,5-11,13,15H2/t17-/m1/s1. The first kappa shape index (κ1) is 16.5. The molecule has 0 unspecified atom stereocenters. The van der Waals surface area contributed by atoms with Crippen LogP contribution in [0.4, 0.5) is 0 Å². The average molecular weight is 338 g/mol. The number of likely N-dealkylation sites (tertiary alicyclic amines) is 1. The highest BCUT2D eigenvalue weighted by atomic mass is 16.5. The van der Waals surface area contributed by atoms with Gasteiger partial charge in [-0.15, -0.1) is 0 Å². The van der Waals surface area contributed by atoms with Crippen molar-refractivity contribution in [1.29, 1.82) is 0 Å². The van der Waals surface area contributed by atoms with Crippen molar-refractivity contribution in [2.45, 2.75) is 32.1 Å². The van der Waals surface area contributed by atoms with Gasteiger partial charge in [-0.3, -0.25) is 9.78 Å². The van der Waals surface area contributed by atoms with Gasteiger partial charge < -0.3 is 9.64 Å². The molecular weight excluding hydrogens is 312 g/mol. The van der Waals surface area contributed by atoms with E-state index in [9.17, 15) is 4.79 Å². The zero-order valence-corrected chi connectivity index (χ0v) is 14.7. The monoisotopic (exact) mass is 338 g/mol. The average Bonchev–Trinajstić information content (AvgIpc) is 3.11. The minimum absolute atomic E-state index is 0.339. The Labute approximate surface area is 149 Å². The fraction of sp³-hybridized carbons (Fsp3) is 0.524. The predicted octanol–water partition coefficient (Wildman–Crippen LogP) is 3.44. The number of benzene rings is 1. The van der Waals surface area contributed by atoms with Crippen molar-refractivity contribution in [2.75, 3.05) is 26.3 Å². The topological polar surface area (TPSA) is 42.4 Å². The number of pyridine rings is 1. The summed E-state index contributed by atoms with van der Waals surface area (Å²) in [5.41, 5.74) is 2.33. The molecule has 2 aromatic rings. The second-order valence-corrected chi connectivity index (χ2v) is 7.49. The van der Waals surface area contributed by atoms with E-state index >= 15 is 0 Å². The molecular formula is C21H26N2O2. The van der Waals surface area contributed by atoms with E-state index in [1.165, 1.54) is 10.9 Å². The molecule has 25 heavy (non-hydrogen) atoms. The number of para-hydroxylation sites is 1. The number of amides is 1. The zero-order valence-electron chi connectivity index (χ0n) is 14.7. The van der Waals surface area contributed by atoms with E-state index in [-0.39, 0.29) is 0 Å². The Hall–Kier alpha value is -1.94. The summed E-state index contributed by atoms with van der Waals surface area (Å²) in [7, 11) is 0. The van der Waals surface area contributed by atoms with E-state index in [0.29, 0.717) is 24.2 Å². The van der Waals surface area contributed by atoms with E-state index in [0.717, 1.165) is 57.5 Å². The summed E-state index contributed by atoms with van der Waals surface area (Å²) >= 11 is 0. The number of aromatic nitrogens is 1. The first-order valence-electron chi connectivity index (χ1n) is 9.47. The molecule has 4 heteroatoms. The molecule has 0 bridgehead atoms. The number of hydrogen-bond donors (Lipinski definition) is 0. The van der Waals surface area contributed by atoms with Crippen molar-refractivity contribution in [3.05, 3.63) is 42.1 Å². The highest BCUT2D eigenvalue weighted by Crippen LogP contribution is 2.25. The van der Waals surface area contributed by atoms with E-state index in [1.807, 2.05) is 18.3 Å². The van der Waals surface area contributed by atoms with Crippen molar-refractivity contribution < 1.29 is 9.53 Å². The van der Waals surface area contributed by atoms with Gasteiger partial charge in [0.25, 0.3) is 0 Å². The Morgan fingerprint density at radius 3 is 2.88 bits per heavy atom. The molecule has 3 heterocycles. The predicted molar refractivity (Wildman–Crippen MR) is 98.3 cm³/mol. The van der Waals surface area contributed by atoms with Crippen LogP contribution in [0.2, 0.25) is 0 Å². The molecule has 2 aliphatic rings. The number of rotatable bonds is 4. The third kappa shape index (κ3) is 4.01. The van der Waals surface area contributed by atoms with Gasteiger partial charge in [-0.2, -0.15) is 0 Å².